The zero-order valence-electron chi connectivity index (χ0n) is 14.8. The summed E-state index contributed by atoms with van der Waals surface area (Å²) in [7, 11) is 0. The number of hydrogen-bond donors (Lipinski definition) is 3. The number of non-ortho nitro benzene ring substituents is 1. The quantitative estimate of drug-likeness (QED) is 0.427. The fourth-order valence-corrected chi connectivity index (χ4v) is 2.49. The third-order valence-electron chi connectivity index (χ3n) is 4.23. The molecule has 26 heavy (non-hydrogen) atoms. The molecule has 0 saturated heterocycles. The predicted octanol–water partition coefficient (Wildman–Crippen LogP) is 1.86. The highest BCUT2D eigenvalue weighted by molar-refractivity contribution is 5.94. The molecule has 9 nitrogen and oxygen atoms in total. The lowest BCUT2D eigenvalue weighted by molar-refractivity contribution is -0.384. The van der Waals surface area contributed by atoms with E-state index in [2.05, 4.69) is 10.6 Å². The number of hydrogen-bond acceptors (Lipinski definition) is 5. The van der Waals surface area contributed by atoms with Crippen LogP contribution in [0.3, 0.4) is 0 Å². The Morgan fingerprint density at radius 2 is 1.73 bits per heavy atom. The molecule has 0 aromatic heterocycles. The van der Waals surface area contributed by atoms with Crippen molar-refractivity contribution in [1.82, 2.24) is 10.6 Å². The number of benzene rings is 1. The Kier molecular flexibility index (Phi) is 7.70. The highest BCUT2D eigenvalue weighted by Crippen LogP contribution is 2.20. The number of carboxylic acid groups (broad SMARTS) is 1. The average molecular weight is 365 g/mol. The fraction of sp³-hybridized carbons (Fsp3) is 0.471. The van der Waals surface area contributed by atoms with Gasteiger partial charge in [-0.2, -0.15) is 0 Å². The minimum atomic E-state index is -0.986. The highest BCUT2D eigenvalue weighted by atomic mass is 16.6. The van der Waals surface area contributed by atoms with Gasteiger partial charge in [-0.25, -0.2) is 0 Å². The minimum Gasteiger partial charge on any atom is -0.481 e. The van der Waals surface area contributed by atoms with Gasteiger partial charge < -0.3 is 15.7 Å². The number of nitro groups is 1. The normalized spacial score (nSPS) is 10.8. The number of carbonyl (C=O) groups is 3. The van der Waals surface area contributed by atoms with Crippen molar-refractivity contribution in [3.63, 3.8) is 0 Å². The second-order valence-electron chi connectivity index (χ2n) is 5.92. The maximum Gasteiger partial charge on any atom is 0.305 e. The maximum atomic E-state index is 12.1. The van der Waals surface area contributed by atoms with Crippen molar-refractivity contribution in [3.05, 3.63) is 39.9 Å². The van der Waals surface area contributed by atoms with Gasteiger partial charge in [0.25, 0.3) is 11.6 Å². The number of nitrogens with one attached hydrogen (secondary N) is 2. The van der Waals surface area contributed by atoms with Crippen LogP contribution in [-0.4, -0.2) is 39.9 Å². The molecule has 0 fully saturated rings. The number of amides is 2. The molecule has 0 bridgehead atoms. The average Bonchev–Trinajstić information content (AvgIpc) is 2.60. The lowest BCUT2D eigenvalue weighted by atomic mass is 9.89. The molecule has 1 rings (SSSR count). The van der Waals surface area contributed by atoms with Crippen LogP contribution < -0.4 is 10.6 Å². The van der Waals surface area contributed by atoms with Crippen LogP contribution in [-0.2, 0) is 9.59 Å². The van der Waals surface area contributed by atoms with Crippen molar-refractivity contribution in [2.45, 2.75) is 45.1 Å². The molecular weight excluding hydrogens is 342 g/mol. The lowest BCUT2D eigenvalue weighted by Crippen LogP contribution is -2.49. The van der Waals surface area contributed by atoms with Gasteiger partial charge in [0, 0.05) is 36.2 Å². The third-order valence-corrected chi connectivity index (χ3v) is 4.23. The van der Waals surface area contributed by atoms with Gasteiger partial charge in [0.05, 0.1) is 11.3 Å². The molecule has 0 heterocycles. The number of rotatable bonds is 10. The zero-order valence-corrected chi connectivity index (χ0v) is 14.8. The molecule has 1 aromatic rings. The Balaban J connectivity index is 2.53. The second-order valence-corrected chi connectivity index (χ2v) is 5.92. The van der Waals surface area contributed by atoms with Gasteiger partial charge in [0.15, 0.2) is 0 Å². The Bertz CT molecular complexity index is 668. The maximum absolute atomic E-state index is 12.1. The summed E-state index contributed by atoms with van der Waals surface area (Å²) in [5.74, 6) is -1.78. The van der Waals surface area contributed by atoms with E-state index >= 15 is 0 Å². The van der Waals surface area contributed by atoms with E-state index in [-0.39, 0.29) is 36.5 Å². The molecule has 1 aromatic carbocycles. The van der Waals surface area contributed by atoms with Gasteiger partial charge in [-0.05, 0) is 25.0 Å². The number of nitrogens with zero attached hydrogens (tertiary/aromatic N) is 1. The van der Waals surface area contributed by atoms with E-state index in [1.54, 1.807) is 0 Å². The van der Waals surface area contributed by atoms with Crippen LogP contribution in [0.2, 0.25) is 0 Å². The number of carboxylic acids is 1. The van der Waals surface area contributed by atoms with Gasteiger partial charge in [-0.3, -0.25) is 24.5 Å². The molecule has 0 atom stereocenters. The summed E-state index contributed by atoms with van der Waals surface area (Å²) in [6.07, 6.45) is 0.800. The summed E-state index contributed by atoms with van der Waals surface area (Å²) in [6.45, 7) is 3.68. The molecule has 0 unspecified atom stereocenters. The Morgan fingerprint density at radius 3 is 2.19 bits per heavy atom. The van der Waals surface area contributed by atoms with E-state index in [4.69, 9.17) is 5.11 Å². The van der Waals surface area contributed by atoms with E-state index in [1.807, 2.05) is 13.8 Å². The van der Waals surface area contributed by atoms with Gasteiger partial charge in [-0.1, -0.05) is 13.8 Å². The Morgan fingerprint density at radius 1 is 1.15 bits per heavy atom. The van der Waals surface area contributed by atoms with Crippen molar-refractivity contribution in [3.8, 4) is 0 Å². The van der Waals surface area contributed by atoms with E-state index in [9.17, 15) is 24.5 Å². The molecule has 3 N–H and O–H groups in total. The van der Waals surface area contributed by atoms with Crippen molar-refractivity contribution in [1.29, 1.82) is 0 Å². The monoisotopic (exact) mass is 365 g/mol. The summed E-state index contributed by atoms with van der Waals surface area (Å²) in [5.41, 5.74) is -0.668. The number of nitro benzene ring substituents is 1. The van der Waals surface area contributed by atoms with Crippen molar-refractivity contribution in [2.24, 2.45) is 0 Å². The molecule has 0 aliphatic rings. The number of aliphatic carboxylic acids is 1. The van der Waals surface area contributed by atoms with Gasteiger partial charge >= 0.3 is 5.97 Å². The molecule has 9 heteroatoms. The summed E-state index contributed by atoms with van der Waals surface area (Å²) in [5, 5.41) is 24.9. The van der Waals surface area contributed by atoms with Gasteiger partial charge in [0.2, 0.25) is 5.91 Å². The molecule has 0 aliphatic heterocycles. The smallest absolute Gasteiger partial charge is 0.305 e. The van der Waals surface area contributed by atoms with Gasteiger partial charge in [0.1, 0.15) is 0 Å². The number of carbonyl (C=O) groups excluding carboxylic acids is 2. The van der Waals surface area contributed by atoms with E-state index in [0.29, 0.717) is 12.8 Å². The van der Waals surface area contributed by atoms with E-state index in [1.165, 1.54) is 24.3 Å². The first-order chi connectivity index (χ1) is 12.2. The molecule has 0 aliphatic carbocycles. The van der Waals surface area contributed by atoms with Crippen LogP contribution in [0.5, 0.6) is 0 Å². The molecule has 0 spiro atoms. The highest BCUT2D eigenvalue weighted by Gasteiger charge is 2.30. The van der Waals surface area contributed by atoms with Crippen LogP contribution in [0.1, 0.15) is 49.9 Å². The van der Waals surface area contributed by atoms with Crippen molar-refractivity contribution in [2.75, 3.05) is 6.54 Å². The van der Waals surface area contributed by atoms with Crippen LogP contribution in [0.25, 0.3) is 0 Å². The van der Waals surface area contributed by atoms with Gasteiger partial charge in [-0.15, -0.1) is 0 Å². The molecule has 0 saturated carbocycles. The summed E-state index contributed by atoms with van der Waals surface area (Å²) >= 11 is 0. The summed E-state index contributed by atoms with van der Waals surface area (Å²) in [4.78, 5) is 45.0. The summed E-state index contributed by atoms with van der Waals surface area (Å²) in [6, 6.07) is 5.12. The molecule has 142 valence electrons. The van der Waals surface area contributed by atoms with Crippen molar-refractivity contribution < 1.29 is 24.4 Å². The first kappa shape index (κ1) is 21.1. The Labute approximate surface area is 150 Å². The topological polar surface area (TPSA) is 139 Å². The zero-order chi connectivity index (χ0) is 19.7. The lowest BCUT2D eigenvalue weighted by Gasteiger charge is -2.31. The molecule has 2 amide bonds. The fourth-order valence-electron chi connectivity index (χ4n) is 2.49. The minimum absolute atomic E-state index is 0.0000897. The largest absolute Gasteiger partial charge is 0.481 e. The Hall–Kier alpha value is -2.97. The first-order valence-electron chi connectivity index (χ1n) is 8.28. The second kappa shape index (κ2) is 9.50. The van der Waals surface area contributed by atoms with E-state index in [0.717, 1.165) is 0 Å². The molecule has 0 radical (unpaired) electrons. The SMILES string of the molecule is CCC(CC)(CC(=O)O)NC(=O)CCNC(=O)c1ccc([N+](=O)[O-])cc1. The van der Waals surface area contributed by atoms with E-state index < -0.39 is 22.3 Å². The van der Waals surface area contributed by atoms with Crippen LogP contribution >= 0.6 is 0 Å². The molecular formula is C17H23N3O6. The summed E-state index contributed by atoms with van der Waals surface area (Å²) < 4.78 is 0. The predicted molar refractivity (Wildman–Crippen MR) is 93.8 cm³/mol. The van der Waals surface area contributed by atoms with Crippen LogP contribution in [0.4, 0.5) is 5.69 Å². The van der Waals surface area contributed by atoms with Crippen LogP contribution in [0, 0.1) is 10.1 Å². The third kappa shape index (κ3) is 6.15. The first-order valence-corrected chi connectivity index (χ1v) is 8.28. The van der Waals surface area contributed by atoms with Crippen molar-refractivity contribution >= 4 is 23.5 Å². The standard InChI is InChI=1S/C17H23N3O6/c1-3-17(4-2,11-15(22)23)19-14(21)9-10-18-16(24)12-5-7-13(8-6-12)20(25)26/h5-8H,3-4,9-11H2,1-2H3,(H,18,24)(H,19,21)(H,22,23). The van der Waals surface area contributed by atoms with Crippen LogP contribution in [0.15, 0.2) is 24.3 Å².